The number of hydrogen-bond donors (Lipinski definition) is 1. The molecule has 11 heteroatoms. The second kappa shape index (κ2) is 13.5. The number of fused-ring (bicyclic) bond motifs is 1. The summed E-state index contributed by atoms with van der Waals surface area (Å²) in [5.41, 5.74) is 4.94. The molecule has 0 radical (unpaired) electrons. The maximum atomic E-state index is 13.6. The lowest BCUT2D eigenvalue weighted by molar-refractivity contribution is 0.0575. The molecule has 3 aromatic rings. The Hall–Kier alpha value is -3.85. The van der Waals surface area contributed by atoms with Gasteiger partial charge in [-0.25, -0.2) is 14.8 Å². The first-order valence-corrected chi connectivity index (χ1v) is 20.2. The first-order valence-electron chi connectivity index (χ1n) is 17.3. The van der Waals surface area contributed by atoms with Crippen molar-refractivity contribution >= 4 is 31.7 Å². The van der Waals surface area contributed by atoms with E-state index in [1.807, 2.05) is 40.0 Å². The van der Waals surface area contributed by atoms with E-state index in [1.54, 1.807) is 17.2 Å². The fourth-order valence-corrected chi connectivity index (χ4v) is 7.34. The number of amides is 1. The summed E-state index contributed by atoms with van der Waals surface area (Å²) < 4.78 is 12.6. The molecule has 4 heterocycles. The Morgan fingerprint density at radius 1 is 1.12 bits per heavy atom. The van der Waals surface area contributed by atoms with Gasteiger partial charge in [0.25, 0.3) is 0 Å². The number of ether oxygens (including phenoxy) is 1. The fraction of sp³-hybridized carbons (Fsp3) is 0.553. The number of carbonyl (C=O) groups is 1. The molecule has 1 N–H and O–H groups in total. The lowest BCUT2D eigenvalue weighted by Gasteiger charge is -2.39. The highest BCUT2D eigenvalue weighted by molar-refractivity contribution is 6.74. The van der Waals surface area contributed by atoms with Gasteiger partial charge in [-0.05, 0) is 120 Å². The summed E-state index contributed by atoms with van der Waals surface area (Å²) in [6.45, 7) is 23.6. The van der Waals surface area contributed by atoms with Crippen molar-refractivity contribution in [2.75, 3.05) is 43.5 Å². The van der Waals surface area contributed by atoms with Crippen molar-refractivity contribution in [3.05, 3.63) is 59.0 Å². The molecule has 1 fully saturated rings. The zero-order chi connectivity index (χ0) is 35.9. The summed E-state index contributed by atoms with van der Waals surface area (Å²) in [6.07, 6.45) is 5.46. The third kappa shape index (κ3) is 7.98. The third-order valence-electron chi connectivity index (χ3n) is 10.3. The van der Waals surface area contributed by atoms with Crippen LogP contribution in [0.4, 0.5) is 22.1 Å². The summed E-state index contributed by atoms with van der Waals surface area (Å²) in [5, 5.41) is 13.9. The quantitative estimate of drug-likeness (QED) is 0.246. The number of nitrogens with zero attached hydrogens (tertiary/aromatic N) is 6. The number of rotatable bonds is 7. The van der Waals surface area contributed by atoms with E-state index in [0.29, 0.717) is 42.0 Å². The normalized spacial score (nSPS) is 19.0. The van der Waals surface area contributed by atoms with Gasteiger partial charge in [-0.2, -0.15) is 5.26 Å². The molecule has 0 aliphatic carbocycles. The standard InChI is InChI=1S/C38H53N7O3Si/c1-25-32(20-29(22-41-25)26-13-16-44(9)17-14-26)43-34-40-15-12-31(42-34)27-18-28(21-39)33-30(19-27)38(8,24-47-49(10,11)37(5,6)7)23-45(33)35(46)48-36(2,3)4/h12,15,18-20,22,26H,13-14,16-17,23-24H2,1-11H3,(H,40,42,43)/t38-/m1/s1. The van der Waals surface area contributed by atoms with Crippen LogP contribution < -0.4 is 10.2 Å². The van der Waals surface area contributed by atoms with Crippen LogP contribution in [0.25, 0.3) is 11.3 Å². The van der Waals surface area contributed by atoms with E-state index in [4.69, 9.17) is 19.1 Å². The van der Waals surface area contributed by atoms with E-state index in [9.17, 15) is 10.1 Å². The first-order chi connectivity index (χ1) is 22.8. The SMILES string of the molecule is Cc1ncc(C2CCN(C)CC2)cc1Nc1nccc(-c2cc(C#N)c3c(c2)[C@@](C)(CO[Si](C)(C)C(C)(C)C)CN3C(=O)OC(C)(C)C)n1. The largest absolute Gasteiger partial charge is 0.443 e. The van der Waals surface area contributed by atoms with Crippen LogP contribution in [-0.2, 0) is 14.6 Å². The zero-order valence-corrected chi connectivity index (χ0v) is 32.2. The second-order valence-electron chi connectivity index (χ2n) is 16.6. The minimum Gasteiger partial charge on any atom is -0.443 e. The lowest BCUT2D eigenvalue weighted by atomic mass is 9.83. The van der Waals surface area contributed by atoms with E-state index in [2.05, 4.69) is 81.2 Å². The Balaban J connectivity index is 1.51. The van der Waals surface area contributed by atoms with Crippen LogP contribution in [0.15, 0.2) is 36.7 Å². The van der Waals surface area contributed by atoms with E-state index < -0.39 is 25.4 Å². The van der Waals surface area contributed by atoms with E-state index in [0.717, 1.165) is 48.4 Å². The van der Waals surface area contributed by atoms with Crippen molar-refractivity contribution in [1.29, 1.82) is 5.26 Å². The Kier molecular flexibility index (Phi) is 10.0. The number of anilines is 3. The molecule has 49 heavy (non-hydrogen) atoms. The average molecular weight is 684 g/mol. The molecule has 0 saturated carbocycles. The number of aromatic nitrogens is 3. The van der Waals surface area contributed by atoms with Gasteiger partial charge >= 0.3 is 6.09 Å². The van der Waals surface area contributed by atoms with Gasteiger partial charge in [-0.1, -0.05) is 27.7 Å². The molecular formula is C38H53N7O3Si. The second-order valence-corrected chi connectivity index (χ2v) is 21.4. The van der Waals surface area contributed by atoms with Crippen molar-refractivity contribution in [3.8, 4) is 17.3 Å². The van der Waals surface area contributed by atoms with Crippen LogP contribution in [-0.4, -0.2) is 73.2 Å². The Morgan fingerprint density at radius 2 is 1.82 bits per heavy atom. The van der Waals surface area contributed by atoms with Crippen molar-refractivity contribution < 1.29 is 14.0 Å². The molecule has 1 atom stereocenters. The molecule has 1 saturated heterocycles. The predicted octanol–water partition coefficient (Wildman–Crippen LogP) is 8.31. The molecule has 0 spiro atoms. The van der Waals surface area contributed by atoms with E-state index in [-0.39, 0.29) is 5.04 Å². The third-order valence-corrected chi connectivity index (χ3v) is 14.8. The number of hydrogen-bond acceptors (Lipinski definition) is 9. The van der Waals surface area contributed by atoms with Crippen molar-refractivity contribution in [2.45, 2.75) is 103 Å². The highest BCUT2D eigenvalue weighted by atomic mass is 28.4. The zero-order valence-electron chi connectivity index (χ0n) is 31.2. The van der Waals surface area contributed by atoms with Gasteiger partial charge in [0.15, 0.2) is 8.32 Å². The molecule has 1 aromatic carbocycles. The van der Waals surface area contributed by atoms with Crippen LogP contribution >= 0.6 is 0 Å². The Morgan fingerprint density at radius 3 is 2.45 bits per heavy atom. The van der Waals surface area contributed by atoms with Crippen LogP contribution in [0, 0.1) is 18.3 Å². The van der Waals surface area contributed by atoms with Crippen LogP contribution in [0.3, 0.4) is 0 Å². The number of piperidine rings is 1. The van der Waals surface area contributed by atoms with Crippen molar-refractivity contribution in [3.63, 3.8) is 0 Å². The maximum Gasteiger partial charge on any atom is 0.414 e. The van der Waals surface area contributed by atoms with Crippen LogP contribution in [0.2, 0.25) is 18.1 Å². The first kappa shape index (κ1) is 36.4. The molecule has 5 rings (SSSR count). The molecule has 262 valence electrons. The van der Waals surface area contributed by atoms with Gasteiger partial charge in [-0.15, -0.1) is 0 Å². The predicted molar refractivity (Wildman–Crippen MR) is 198 cm³/mol. The van der Waals surface area contributed by atoms with Crippen molar-refractivity contribution in [1.82, 2.24) is 19.9 Å². The number of carbonyl (C=O) groups excluding carboxylic acids is 1. The molecule has 0 bridgehead atoms. The van der Waals surface area contributed by atoms with Gasteiger partial charge in [0.1, 0.15) is 11.7 Å². The number of pyridine rings is 1. The Labute approximate surface area is 293 Å². The lowest BCUT2D eigenvalue weighted by Crippen LogP contribution is -2.46. The molecular weight excluding hydrogens is 631 g/mol. The molecule has 0 unspecified atom stereocenters. The monoisotopic (exact) mass is 683 g/mol. The number of aryl methyl sites for hydroxylation is 1. The number of likely N-dealkylation sites (tertiary alicyclic amines) is 1. The molecule has 2 aromatic heterocycles. The molecule has 1 amide bonds. The number of nitrogens with one attached hydrogen (secondary N) is 1. The molecule has 2 aliphatic rings. The summed E-state index contributed by atoms with van der Waals surface area (Å²) in [4.78, 5) is 31.7. The number of nitriles is 1. The van der Waals surface area contributed by atoms with Gasteiger partial charge in [-0.3, -0.25) is 9.88 Å². The number of benzene rings is 1. The van der Waals surface area contributed by atoms with E-state index >= 15 is 0 Å². The Bertz CT molecular complexity index is 1750. The van der Waals surface area contributed by atoms with Crippen LogP contribution in [0.1, 0.15) is 89.6 Å². The summed E-state index contributed by atoms with van der Waals surface area (Å²) >= 11 is 0. The average Bonchev–Trinajstić information content (AvgIpc) is 3.33. The van der Waals surface area contributed by atoms with Gasteiger partial charge in [0.2, 0.25) is 5.95 Å². The topological polar surface area (TPSA) is 116 Å². The van der Waals surface area contributed by atoms with Gasteiger partial charge in [0, 0.05) is 36.5 Å². The maximum absolute atomic E-state index is 13.6. The fourth-order valence-electron chi connectivity index (χ4n) is 6.23. The van der Waals surface area contributed by atoms with Crippen molar-refractivity contribution in [2.24, 2.45) is 0 Å². The highest BCUT2D eigenvalue weighted by Gasteiger charge is 2.47. The summed E-state index contributed by atoms with van der Waals surface area (Å²) in [5.74, 6) is 0.921. The smallest absolute Gasteiger partial charge is 0.414 e. The van der Waals surface area contributed by atoms with Crippen LogP contribution in [0.5, 0.6) is 0 Å². The molecule has 10 nitrogen and oxygen atoms in total. The minimum atomic E-state index is -2.13. The van der Waals surface area contributed by atoms with Gasteiger partial charge < -0.3 is 19.4 Å². The summed E-state index contributed by atoms with van der Waals surface area (Å²) in [7, 11) is 0.0376. The summed E-state index contributed by atoms with van der Waals surface area (Å²) in [6, 6.07) is 10.2. The molecule has 2 aliphatic heterocycles. The minimum absolute atomic E-state index is 0.0141. The van der Waals surface area contributed by atoms with E-state index in [1.165, 1.54) is 5.56 Å². The highest BCUT2D eigenvalue weighted by Crippen LogP contribution is 2.47. The van der Waals surface area contributed by atoms with Gasteiger partial charge in [0.05, 0.1) is 28.3 Å².